The molecular formula is C12H15BrN2. The second-order valence-electron chi connectivity index (χ2n) is 4.72. The largest absolute Gasteiger partial charge is 0.300 e. The number of fused-ring (bicyclic) bond motifs is 2. The van der Waals surface area contributed by atoms with Crippen LogP contribution in [0.2, 0.25) is 0 Å². The Labute approximate surface area is 98.8 Å². The first-order chi connectivity index (χ1) is 7.25. The van der Waals surface area contributed by atoms with Crippen LogP contribution in [0.25, 0.3) is 0 Å². The second kappa shape index (κ2) is 3.56. The van der Waals surface area contributed by atoms with Gasteiger partial charge in [0, 0.05) is 24.2 Å². The SMILES string of the molecule is CN1[C@H]2CC[C@@H]1[C@@H](c1ccc(Br)nc1)C2. The van der Waals surface area contributed by atoms with Crippen LogP contribution in [0.3, 0.4) is 0 Å². The number of halogens is 1. The van der Waals surface area contributed by atoms with E-state index in [9.17, 15) is 0 Å². The van der Waals surface area contributed by atoms with E-state index in [1.807, 2.05) is 6.20 Å². The summed E-state index contributed by atoms with van der Waals surface area (Å²) < 4.78 is 0.933. The number of nitrogens with zero attached hydrogens (tertiary/aromatic N) is 2. The van der Waals surface area contributed by atoms with Crippen LogP contribution in [-0.2, 0) is 0 Å². The summed E-state index contributed by atoms with van der Waals surface area (Å²) in [6.07, 6.45) is 6.11. The Balaban J connectivity index is 1.87. The van der Waals surface area contributed by atoms with Crippen LogP contribution in [0.15, 0.2) is 22.9 Å². The van der Waals surface area contributed by atoms with Gasteiger partial charge in [0.25, 0.3) is 0 Å². The minimum atomic E-state index is 0.717. The smallest absolute Gasteiger partial charge is 0.106 e. The maximum atomic E-state index is 4.33. The van der Waals surface area contributed by atoms with E-state index in [1.165, 1.54) is 24.8 Å². The van der Waals surface area contributed by atoms with Gasteiger partial charge in [-0.2, -0.15) is 0 Å². The highest BCUT2D eigenvalue weighted by molar-refractivity contribution is 9.10. The zero-order chi connectivity index (χ0) is 10.4. The fraction of sp³-hybridized carbons (Fsp3) is 0.583. The minimum Gasteiger partial charge on any atom is -0.300 e. The summed E-state index contributed by atoms with van der Waals surface area (Å²) in [7, 11) is 2.27. The average molecular weight is 267 g/mol. The van der Waals surface area contributed by atoms with Crippen LogP contribution in [0, 0.1) is 0 Å². The summed E-state index contributed by atoms with van der Waals surface area (Å²) >= 11 is 3.39. The highest BCUT2D eigenvalue weighted by Crippen LogP contribution is 2.45. The number of hydrogen-bond donors (Lipinski definition) is 0. The highest BCUT2D eigenvalue weighted by atomic mass is 79.9. The minimum absolute atomic E-state index is 0.717. The third kappa shape index (κ3) is 1.53. The molecule has 3 heteroatoms. The number of rotatable bonds is 1. The topological polar surface area (TPSA) is 16.1 Å². The summed E-state index contributed by atoms with van der Waals surface area (Å²) in [4.78, 5) is 6.89. The molecule has 0 N–H and O–H groups in total. The van der Waals surface area contributed by atoms with E-state index in [2.05, 4.69) is 45.0 Å². The molecule has 15 heavy (non-hydrogen) atoms. The molecule has 3 atom stereocenters. The molecule has 0 spiro atoms. The summed E-state index contributed by atoms with van der Waals surface area (Å²) in [6, 6.07) is 5.86. The van der Waals surface area contributed by atoms with Gasteiger partial charge in [-0.25, -0.2) is 4.98 Å². The van der Waals surface area contributed by atoms with E-state index in [-0.39, 0.29) is 0 Å². The number of aromatic nitrogens is 1. The molecule has 2 aliphatic heterocycles. The lowest BCUT2D eigenvalue weighted by molar-refractivity contribution is 0.307. The summed E-state index contributed by atoms with van der Waals surface area (Å²) in [5, 5.41) is 0. The van der Waals surface area contributed by atoms with Crippen molar-refractivity contribution in [2.24, 2.45) is 0 Å². The molecule has 2 aliphatic rings. The normalized spacial score (nSPS) is 34.9. The molecule has 3 heterocycles. The molecule has 2 bridgehead atoms. The van der Waals surface area contributed by atoms with Gasteiger partial charge in [0.1, 0.15) is 4.60 Å². The Morgan fingerprint density at radius 2 is 2.27 bits per heavy atom. The molecule has 0 saturated carbocycles. The molecule has 2 nitrogen and oxygen atoms in total. The van der Waals surface area contributed by atoms with Crippen LogP contribution in [0.1, 0.15) is 30.7 Å². The van der Waals surface area contributed by atoms with Crippen molar-refractivity contribution in [3.8, 4) is 0 Å². The van der Waals surface area contributed by atoms with Crippen LogP contribution in [0.4, 0.5) is 0 Å². The summed E-state index contributed by atoms with van der Waals surface area (Å²) in [6.45, 7) is 0. The first-order valence-electron chi connectivity index (χ1n) is 5.59. The van der Waals surface area contributed by atoms with E-state index in [4.69, 9.17) is 0 Å². The Bertz CT molecular complexity index is 362. The van der Waals surface area contributed by atoms with E-state index in [0.29, 0.717) is 5.92 Å². The van der Waals surface area contributed by atoms with E-state index in [1.54, 1.807) is 0 Å². The molecule has 0 radical (unpaired) electrons. The van der Waals surface area contributed by atoms with Crippen LogP contribution < -0.4 is 0 Å². The second-order valence-corrected chi connectivity index (χ2v) is 5.53. The molecule has 1 aromatic heterocycles. The van der Waals surface area contributed by atoms with Gasteiger partial charge in [-0.05, 0) is 53.9 Å². The third-order valence-corrected chi connectivity index (χ3v) is 4.53. The molecule has 80 valence electrons. The van der Waals surface area contributed by atoms with Crippen LogP contribution in [-0.4, -0.2) is 29.0 Å². The number of likely N-dealkylation sites (N-methyl/N-ethyl adjacent to an activating group) is 1. The quantitative estimate of drug-likeness (QED) is 0.727. The lowest BCUT2D eigenvalue weighted by Crippen LogP contribution is -2.25. The Morgan fingerprint density at radius 1 is 1.40 bits per heavy atom. The molecule has 0 aliphatic carbocycles. The standard InChI is InChI=1S/C12H15BrN2/c1-15-9-3-4-11(15)10(6-9)8-2-5-12(13)14-7-8/h2,5,7,9-11H,3-4,6H2,1H3/t9-,10+,11+/m0/s1. The van der Waals surface area contributed by atoms with Crippen molar-refractivity contribution < 1.29 is 0 Å². The Hall–Kier alpha value is -0.410. The maximum Gasteiger partial charge on any atom is 0.106 e. The number of hydrogen-bond acceptors (Lipinski definition) is 2. The predicted molar refractivity (Wildman–Crippen MR) is 63.9 cm³/mol. The zero-order valence-electron chi connectivity index (χ0n) is 8.86. The van der Waals surface area contributed by atoms with Crippen molar-refractivity contribution in [3.63, 3.8) is 0 Å². The number of pyridine rings is 1. The van der Waals surface area contributed by atoms with Gasteiger partial charge in [0.05, 0.1) is 0 Å². The van der Waals surface area contributed by atoms with Crippen LogP contribution in [0.5, 0.6) is 0 Å². The lowest BCUT2D eigenvalue weighted by Gasteiger charge is -2.21. The van der Waals surface area contributed by atoms with Gasteiger partial charge in [-0.1, -0.05) is 6.07 Å². The first-order valence-corrected chi connectivity index (χ1v) is 6.38. The Kier molecular flexibility index (Phi) is 2.33. The summed E-state index contributed by atoms with van der Waals surface area (Å²) in [5.74, 6) is 0.717. The third-order valence-electron chi connectivity index (χ3n) is 4.06. The van der Waals surface area contributed by atoms with Crippen LogP contribution >= 0.6 is 15.9 Å². The molecule has 0 aromatic carbocycles. The highest BCUT2D eigenvalue weighted by Gasteiger charge is 2.44. The predicted octanol–water partition coefficient (Wildman–Crippen LogP) is 2.79. The molecule has 0 unspecified atom stereocenters. The molecule has 3 rings (SSSR count). The van der Waals surface area contributed by atoms with Gasteiger partial charge in [-0.3, -0.25) is 4.90 Å². The van der Waals surface area contributed by atoms with Gasteiger partial charge in [0.15, 0.2) is 0 Å². The van der Waals surface area contributed by atoms with E-state index < -0.39 is 0 Å². The van der Waals surface area contributed by atoms with Gasteiger partial charge >= 0.3 is 0 Å². The van der Waals surface area contributed by atoms with Crippen molar-refractivity contribution >= 4 is 15.9 Å². The van der Waals surface area contributed by atoms with Crippen molar-refractivity contribution in [2.45, 2.75) is 37.3 Å². The van der Waals surface area contributed by atoms with Gasteiger partial charge in [0.2, 0.25) is 0 Å². The zero-order valence-corrected chi connectivity index (χ0v) is 10.4. The van der Waals surface area contributed by atoms with Crippen molar-refractivity contribution in [1.29, 1.82) is 0 Å². The maximum absolute atomic E-state index is 4.33. The molecule has 0 amide bonds. The summed E-state index contributed by atoms with van der Waals surface area (Å²) in [5.41, 5.74) is 1.41. The molecule has 2 fully saturated rings. The average Bonchev–Trinajstić information content (AvgIpc) is 2.75. The van der Waals surface area contributed by atoms with Gasteiger partial charge in [-0.15, -0.1) is 0 Å². The lowest BCUT2D eigenvalue weighted by atomic mass is 9.85. The van der Waals surface area contributed by atoms with Gasteiger partial charge < -0.3 is 0 Å². The van der Waals surface area contributed by atoms with Crippen molar-refractivity contribution in [1.82, 2.24) is 9.88 Å². The fourth-order valence-corrected chi connectivity index (χ4v) is 3.46. The molecule has 2 saturated heterocycles. The van der Waals surface area contributed by atoms with E-state index >= 15 is 0 Å². The first kappa shape index (κ1) is 9.79. The van der Waals surface area contributed by atoms with Crippen molar-refractivity contribution in [3.05, 3.63) is 28.5 Å². The Morgan fingerprint density at radius 3 is 2.80 bits per heavy atom. The molecule has 1 aromatic rings. The monoisotopic (exact) mass is 266 g/mol. The van der Waals surface area contributed by atoms with E-state index in [0.717, 1.165) is 16.7 Å². The van der Waals surface area contributed by atoms with Crippen molar-refractivity contribution in [2.75, 3.05) is 7.05 Å². The molecular weight excluding hydrogens is 252 g/mol. The fourth-order valence-electron chi connectivity index (χ4n) is 3.23.